The zero-order valence-electron chi connectivity index (χ0n) is 19.9. The van der Waals surface area contributed by atoms with Gasteiger partial charge in [0.1, 0.15) is 37.0 Å². The van der Waals surface area contributed by atoms with Crippen LogP contribution in [-0.2, 0) is 13.0 Å². The molecule has 0 spiro atoms. The van der Waals surface area contributed by atoms with E-state index >= 15 is 0 Å². The molecule has 0 amide bonds. The number of nitrogens with zero attached hydrogens (tertiary/aromatic N) is 2. The first-order chi connectivity index (χ1) is 17.4. The lowest BCUT2D eigenvalue weighted by Crippen LogP contribution is -2.15. The monoisotopic (exact) mass is 487 g/mol. The van der Waals surface area contributed by atoms with Gasteiger partial charge in [-0.25, -0.2) is 0 Å². The Labute approximate surface area is 207 Å². The number of aromatic amines is 1. The minimum absolute atomic E-state index is 0.0260. The molecule has 0 fully saturated rings. The normalized spacial score (nSPS) is 12.4. The summed E-state index contributed by atoms with van der Waals surface area (Å²) in [7, 11) is 0. The summed E-state index contributed by atoms with van der Waals surface area (Å²) in [5.41, 5.74) is 5.55. The van der Waals surface area contributed by atoms with Crippen molar-refractivity contribution in [2.45, 2.75) is 26.9 Å². The third-order valence-corrected chi connectivity index (χ3v) is 6.13. The molecule has 3 aromatic carbocycles. The molecule has 0 atom stereocenters. The van der Waals surface area contributed by atoms with Gasteiger partial charge in [0.15, 0.2) is 11.5 Å². The molecule has 5 rings (SSSR count). The Morgan fingerprint density at radius 3 is 2.56 bits per heavy atom. The van der Waals surface area contributed by atoms with Crippen LogP contribution < -0.4 is 14.2 Å². The third kappa shape index (κ3) is 4.43. The number of phenolic OH excluding ortho intramolecular Hbond substituents is 1. The SMILES string of the molecule is CCc1cc(-c2n[nH]c(C)c2-c2ccc3c(c2)OCCO3)c(O)cc1OCc1ccc([N+](=O)[O-])cc1. The van der Waals surface area contributed by atoms with Gasteiger partial charge in [-0.15, -0.1) is 0 Å². The van der Waals surface area contributed by atoms with E-state index in [2.05, 4.69) is 10.2 Å². The first kappa shape index (κ1) is 23.2. The van der Waals surface area contributed by atoms with Crippen molar-refractivity contribution in [3.05, 3.63) is 81.5 Å². The van der Waals surface area contributed by atoms with Gasteiger partial charge in [0, 0.05) is 35.0 Å². The van der Waals surface area contributed by atoms with Gasteiger partial charge >= 0.3 is 0 Å². The number of nitrogens with one attached hydrogen (secondary N) is 1. The molecule has 1 aromatic heterocycles. The van der Waals surface area contributed by atoms with Gasteiger partial charge in [-0.3, -0.25) is 15.2 Å². The van der Waals surface area contributed by atoms with Crippen LogP contribution in [0.5, 0.6) is 23.0 Å². The highest BCUT2D eigenvalue weighted by Gasteiger charge is 2.21. The lowest BCUT2D eigenvalue weighted by atomic mass is 9.96. The summed E-state index contributed by atoms with van der Waals surface area (Å²) in [4.78, 5) is 10.4. The van der Waals surface area contributed by atoms with Crippen LogP contribution in [0.4, 0.5) is 5.69 Å². The minimum atomic E-state index is -0.438. The summed E-state index contributed by atoms with van der Waals surface area (Å²) in [5, 5.41) is 29.4. The highest BCUT2D eigenvalue weighted by Crippen LogP contribution is 2.43. The van der Waals surface area contributed by atoms with Crippen molar-refractivity contribution in [2.75, 3.05) is 13.2 Å². The van der Waals surface area contributed by atoms with Gasteiger partial charge in [-0.2, -0.15) is 5.10 Å². The average molecular weight is 488 g/mol. The maximum atomic E-state index is 11.0. The van der Waals surface area contributed by atoms with E-state index < -0.39 is 4.92 Å². The first-order valence-electron chi connectivity index (χ1n) is 11.6. The maximum Gasteiger partial charge on any atom is 0.269 e. The van der Waals surface area contributed by atoms with Crippen molar-refractivity contribution in [3.63, 3.8) is 0 Å². The molecule has 2 heterocycles. The fraction of sp³-hybridized carbons (Fsp3) is 0.222. The Balaban J connectivity index is 1.45. The number of nitro benzene ring substituents is 1. The number of rotatable bonds is 7. The molecule has 1 aliphatic heterocycles. The zero-order chi connectivity index (χ0) is 25.2. The topological polar surface area (TPSA) is 120 Å². The number of non-ortho nitro benzene ring substituents is 1. The summed E-state index contributed by atoms with van der Waals surface area (Å²) in [6.45, 7) is 5.17. The van der Waals surface area contributed by atoms with Crippen molar-refractivity contribution in [3.8, 4) is 45.4 Å². The summed E-state index contributed by atoms with van der Waals surface area (Å²) >= 11 is 0. The van der Waals surface area contributed by atoms with E-state index in [-0.39, 0.29) is 18.0 Å². The van der Waals surface area contributed by atoms with Crippen LogP contribution in [0.1, 0.15) is 23.7 Å². The summed E-state index contributed by atoms with van der Waals surface area (Å²) < 4.78 is 17.4. The van der Waals surface area contributed by atoms with E-state index in [0.717, 1.165) is 27.9 Å². The van der Waals surface area contributed by atoms with Gasteiger partial charge in [0.2, 0.25) is 0 Å². The average Bonchev–Trinajstić information content (AvgIpc) is 3.28. The van der Waals surface area contributed by atoms with Crippen molar-refractivity contribution in [1.29, 1.82) is 0 Å². The molecule has 36 heavy (non-hydrogen) atoms. The maximum absolute atomic E-state index is 11.0. The predicted octanol–water partition coefficient (Wildman–Crippen LogP) is 5.58. The Morgan fingerprint density at radius 2 is 1.83 bits per heavy atom. The number of ether oxygens (including phenoxy) is 3. The van der Waals surface area contributed by atoms with Crippen molar-refractivity contribution in [1.82, 2.24) is 10.2 Å². The third-order valence-electron chi connectivity index (χ3n) is 6.13. The van der Waals surface area contributed by atoms with E-state index in [9.17, 15) is 15.2 Å². The molecule has 9 nitrogen and oxygen atoms in total. The van der Waals surface area contributed by atoms with Crippen molar-refractivity contribution in [2.24, 2.45) is 0 Å². The fourth-order valence-corrected chi connectivity index (χ4v) is 4.27. The number of nitro groups is 1. The zero-order valence-corrected chi connectivity index (χ0v) is 19.9. The predicted molar refractivity (Wildman–Crippen MR) is 134 cm³/mol. The largest absolute Gasteiger partial charge is 0.507 e. The molecule has 0 aliphatic carbocycles. The van der Waals surface area contributed by atoms with E-state index in [1.165, 1.54) is 12.1 Å². The molecular formula is C27H25N3O6. The van der Waals surface area contributed by atoms with Gasteiger partial charge in [0.05, 0.1) is 4.92 Å². The molecule has 0 unspecified atom stereocenters. The van der Waals surface area contributed by atoms with Gasteiger partial charge in [0.25, 0.3) is 5.69 Å². The van der Waals surface area contributed by atoms with Gasteiger partial charge in [-0.05, 0) is 60.4 Å². The molecule has 0 saturated carbocycles. The lowest BCUT2D eigenvalue weighted by molar-refractivity contribution is -0.384. The van der Waals surface area contributed by atoms with E-state index in [0.29, 0.717) is 48.1 Å². The Kier molecular flexibility index (Phi) is 6.20. The smallest absolute Gasteiger partial charge is 0.269 e. The van der Waals surface area contributed by atoms with Gasteiger partial charge < -0.3 is 19.3 Å². The second kappa shape index (κ2) is 9.61. The minimum Gasteiger partial charge on any atom is -0.507 e. The second-order valence-electron chi connectivity index (χ2n) is 8.47. The standard InChI is InChI=1S/C27H25N3O6/c1-3-18-12-21(22(31)14-24(18)36-15-17-4-7-20(8-5-17)30(32)33)27-26(16(2)28-29-27)19-6-9-23-25(13-19)35-11-10-34-23/h4-9,12-14,31H,3,10-11,15H2,1-2H3,(H,28,29). The van der Waals surface area contributed by atoms with Crippen LogP contribution in [-0.4, -0.2) is 33.4 Å². The van der Waals surface area contributed by atoms with Crippen LogP contribution in [0.3, 0.4) is 0 Å². The number of aromatic nitrogens is 2. The van der Waals surface area contributed by atoms with Crippen molar-refractivity contribution >= 4 is 5.69 Å². The van der Waals surface area contributed by atoms with Crippen LogP contribution in [0, 0.1) is 17.0 Å². The fourth-order valence-electron chi connectivity index (χ4n) is 4.27. The number of benzene rings is 3. The number of phenols is 1. The van der Waals surface area contributed by atoms with Crippen LogP contribution in [0.25, 0.3) is 22.4 Å². The first-order valence-corrected chi connectivity index (χ1v) is 11.6. The van der Waals surface area contributed by atoms with E-state index in [1.807, 2.05) is 38.1 Å². The van der Waals surface area contributed by atoms with Crippen LogP contribution in [0.15, 0.2) is 54.6 Å². The molecule has 0 radical (unpaired) electrons. The number of aromatic hydroxyl groups is 1. The quantitative estimate of drug-likeness (QED) is 0.258. The number of H-pyrrole nitrogens is 1. The number of hydrogen-bond donors (Lipinski definition) is 2. The molecular weight excluding hydrogens is 462 g/mol. The number of hydrogen-bond acceptors (Lipinski definition) is 7. The molecule has 1 aliphatic rings. The molecule has 0 bridgehead atoms. The van der Waals surface area contributed by atoms with Crippen molar-refractivity contribution < 1.29 is 24.2 Å². The van der Waals surface area contributed by atoms with Gasteiger partial charge in [-0.1, -0.05) is 13.0 Å². The number of aryl methyl sites for hydroxylation is 2. The molecule has 4 aromatic rings. The Hall–Kier alpha value is -4.53. The molecule has 2 N–H and O–H groups in total. The summed E-state index contributed by atoms with van der Waals surface area (Å²) in [6.07, 6.45) is 0.672. The molecule has 0 saturated heterocycles. The Bertz CT molecular complexity index is 1430. The number of fused-ring (bicyclic) bond motifs is 1. The van der Waals surface area contributed by atoms with Crippen LogP contribution in [0.2, 0.25) is 0 Å². The van der Waals surface area contributed by atoms with E-state index in [1.54, 1.807) is 18.2 Å². The molecule has 184 valence electrons. The highest BCUT2D eigenvalue weighted by atomic mass is 16.6. The lowest BCUT2D eigenvalue weighted by Gasteiger charge is -2.19. The van der Waals surface area contributed by atoms with E-state index in [4.69, 9.17) is 14.2 Å². The molecule has 9 heteroatoms. The summed E-state index contributed by atoms with van der Waals surface area (Å²) in [5.74, 6) is 1.97. The summed E-state index contributed by atoms with van der Waals surface area (Å²) in [6, 6.07) is 15.4. The second-order valence-corrected chi connectivity index (χ2v) is 8.47. The van der Waals surface area contributed by atoms with Crippen LogP contribution >= 0.6 is 0 Å². The Morgan fingerprint density at radius 1 is 1.08 bits per heavy atom. The highest BCUT2D eigenvalue weighted by molar-refractivity contribution is 5.86.